The second-order valence-electron chi connectivity index (χ2n) is 5.31. The Balaban J connectivity index is 2.18. The molecule has 24 heavy (non-hydrogen) atoms. The molecular formula is C16H22O8. The molecule has 0 saturated carbocycles. The molecule has 0 amide bonds. The normalized spacial score (nSPS) is 30.5. The second kappa shape index (κ2) is 8.43. The summed E-state index contributed by atoms with van der Waals surface area (Å²) in [6.45, 7) is -0.627. The van der Waals surface area contributed by atoms with Gasteiger partial charge in [-0.3, -0.25) is 0 Å². The number of ether oxygens (including phenoxy) is 3. The van der Waals surface area contributed by atoms with Gasteiger partial charge in [-0.05, 0) is 17.7 Å². The van der Waals surface area contributed by atoms with Gasteiger partial charge in [0.2, 0.25) is 6.29 Å². The summed E-state index contributed by atoms with van der Waals surface area (Å²) < 4.78 is 16.1. The number of hydrogen-bond acceptors (Lipinski definition) is 8. The molecule has 0 radical (unpaired) electrons. The number of aliphatic hydroxyl groups excluding tert-OH is 5. The minimum atomic E-state index is -1.52. The molecule has 2 rings (SSSR count). The average molecular weight is 342 g/mol. The van der Waals surface area contributed by atoms with Crippen molar-refractivity contribution in [2.45, 2.75) is 30.7 Å². The smallest absolute Gasteiger partial charge is 0.229 e. The maximum atomic E-state index is 10.00. The lowest BCUT2D eigenvalue weighted by Crippen LogP contribution is -2.60. The fourth-order valence-electron chi connectivity index (χ4n) is 2.36. The first-order valence-electron chi connectivity index (χ1n) is 7.44. The number of aliphatic hydroxyl groups is 5. The Hall–Kier alpha value is -1.68. The maximum Gasteiger partial charge on any atom is 0.229 e. The molecule has 134 valence electrons. The van der Waals surface area contributed by atoms with Gasteiger partial charge in [0, 0.05) is 0 Å². The van der Waals surface area contributed by atoms with Crippen molar-refractivity contribution in [3.63, 3.8) is 0 Å². The van der Waals surface area contributed by atoms with Crippen LogP contribution in [-0.2, 0) is 4.74 Å². The molecule has 1 fully saturated rings. The van der Waals surface area contributed by atoms with E-state index in [2.05, 4.69) is 0 Å². The van der Waals surface area contributed by atoms with Gasteiger partial charge >= 0.3 is 0 Å². The fraction of sp³-hybridized carbons (Fsp3) is 0.500. The first kappa shape index (κ1) is 18.7. The van der Waals surface area contributed by atoms with Crippen LogP contribution in [0.3, 0.4) is 0 Å². The molecule has 1 heterocycles. The molecule has 0 aliphatic carbocycles. The molecule has 1 aromatic rings. The van der Waals surface area contributed by atoms with Gasteiger partial charge < -0.3 is 39.7 Å². The lowest BCUT2D eigenvalue weighted by molar-refractivity contribution is -0.277. The van der Waals surface area contributed by atoms with Gasteiger partial charge in [0.1, 0.15) is 24.4 Å². The molecule has 1 saturated heterocycles. The Morgan fingerprint density at radius 3 is 2.46 bits per heavy atom. The highest BCUT2D eigenvalue weighted by Gasteiger charge is 2.44. The minimum absolute atomic E-state index is 0.0918. The molecule has 1 aromatic carbocycles. The topological polar surface area (TPSA) is 129 Å². The van der Waals surface area contributed by atoms with Crippen LogP contribution in [0.25, 0.3) is 6.08 Å². The van der Waals surface area contributed by atoms with Gasteiger partial charge in [-0.1, -0.05) is 18.2 Å². The zero-order chi connectivity index (χ0) is 17.7. The van der Waals surface area contributed by atoms with Gasteiger partial charge in [-0.2, -0.15) is 0 Å². The van der Waals surface area contributed by atoms with Crippen molar-refractivity contribution in [2.24, 2.45) is 0 Å². The molecule has 0 spiro atoms. The van der Waals surface area contributed by atoms with E-state index in [1.807, 2.05) is 0 Å². The first-order chi connectivity index (χ1) is 11.5. The third kappa shape index (κ3) is 4.04. The van der Waals surface area contributed by atoms with Crippen molar-refractivity contribution in [1.82, 2.24) is 0 Å². The Labute approximate surface area is 139 Å². The average Bonchev–Trinajstić information content (AvgIpc) is 2.61. The SMILES string of the molecule is COc1cc(/C=C/CO)ccc1OC1O[C@H](CO)[C@@H](O)[C@H](O)[C@H]1O. The third-order valence-corrected chi connectivity index (χ3v) is 3.69. The predicted octanol–water partition coefficient (Wildman–Crippen LogP) is -1.12. The van der Waals surface area contributed by atoms with Crippen LogP contribution in [0.2, 0.25) is 0 Å². The number of methoxy groups -OCH3 is 1. The van der Waals surface area contributed by atoms with Crippen LogP contribution in [0.4, 0.5) is 0 Å². The number of rotatable bonds is 6. The van der Waals surface area contributed by atoms with E-state index in [9.17, 15) is 20.4 Å². The van der Waals surface area contributed by atoms with Gasteiger partial charge in [0.15, 0.2) is 11.5 Å². The van der Waals surface area contributed by atoms with E-state index in [0.717, 1.165) is 5.56 Å². The third-order valence-electron chi connectivity index (χ3n) is 3.69. The minimum Gasteiger partial charge on any atom is -0.493 e. The summed E-state index contributed by atoms with van der Waals surface area (Å²) in [7, 11) is 1.44. The lowest BCUT2D eigenvalue weighted by atomic mass is 9.99. The fourth-order valence-corrected chi connectivity index (χ4v) is 2.36. The van der Waals surface area contributed by atoms with E-state index >= 15 is 0 Å². The predicted molar refractivity (Wildman–Crippen MR) is 83.5 cm³/mol. The van der Waals surface area contributed by atoms with E-state index in [-0.39, 0.29) is 12.4 Å². The molecule has 8 nitrogen and oxygen atoms in total. The quantitative estimate of drug-likeness (QED) is 0.440. The Morgan fingerprint density at radius 2 is 1.83 bits per heavy atom. The Bertz CT molecular complexity index is 559. The molecule has 1 aliphatic rings. The number of benzene rings is 1. The van der Waals surface area contributed by atoms with Gasteiger partial charge in [-0.15, -0.1) is 0 Å². The molecule has 1 aliphatic heterocycles. The van der Waals surface area contributed by atoms with E-state index in [1.54, 1.807) is 30.4 Å². The molecule has 0 aromatic heterocycles. The van der Waals surface area contributed by atoms with Gasteiger partial charge in [0.05, 0.1) is 20.3 Å². The summed E-state index contributed by atoms with van der Waals surface area (Å²) in [5, 5.41) is 47.5. The van der Waals surface area contributed by atoms with E-state index in [4.69, 9.17) is 19.3 Å². The molecule has 1 unspecified atom stereocenters. The summed E-state index contributed by atoms with van der Waals surface area (Å²) >= 11 is 0. The molecule has 5 N–H and O–H groups in total. The van der Waals surface area contributed by atoms with Crippen LogP contribution < -0.4 is 9.47 Å². The standard InChI is InChI=1S/C16H22O8/c1-22-11-7-9(3-2-6-17)4-5-10(11)23-16-15(21)14(20)13(19)12(8-18)24-16/h2-5,7,12-21H,6,8H2,1H3/b3-2+/t12-,13-,14+,15-,16?/m1/s1. The zero-order valence-electron chi connectivity index (χ0n) is 13.1. The van der Waals surface area contributed by atoms with Crippen molar-refractivity contribution in [2.75, 3.05) is 20.3 Å². The van der Waals surface area contributed by atoms with Crippen molar-refractivity contribution in [3.8, 4) is 11.5 Å². The molecule has 0 bridgehead atoms. The van der Waals surface area contributed by atoms with Crippen molar-refractivity contribution < 1.29 is 39.7 Å². The summed E-state index contributed by atoms with van der Waals surface area (Å²) in [5.74, 6) is 0.607. The van der Waals surface area contributed by atoms with Crippen molar-refractivity contribution >= 4 is 6.08 Å². The van der Waals surface area contributed by atoms with Crippen LogP contribution in [0.5, 0.6) is 11.5 Å². The largest absolute Gasteiger partial charge is 0.493 e. The summed E-state index contributed by atoms with van der Waals surface area (Å²) in [5.41, 5.74) is 0.766. The van der Waals surface area contributed by atoms with Crippen molar-refractivity contribution in [3.05, 3.63) is 29.8 Å². The highest BCUT2D eigenvalue weighted by atomic mass is 16.7. The summed E-state index contributed by atoms with van der Waals surface area (Å²) in [4.78, 5) is 0. The summed E-state index contributed by atoms with van der Waals surface area (Å²) in [6, 6.07) is 4.94. The van der Waals surface area contributed by atoms with Crippen LogP contribution in [0.1, 0.15) is 5.56 Å². The van der Waals surface area contributed by atoms with E-state index < -0.39 is 37.3 Å². The summed E-state index contributed by atoms with van der Waals surface area (Å²) in [6.07, 6.45) is -3.54. The monoisotopic (exact) mass is 342 g/mol. The van der Waals surface area contributed by atoms with Gasteiger partial charge in [-0.25, -0.2) is 0 Å². The van der Waals surface area contributed by atoms with Crippen LogP contribution in [0, 0.1) is 0 Å². The van der Waals surface area contributed by atoms with Crippen LogP contribution in [0.15, 0.2) is 24.3 Å². The number of hydrogen-bond donors (Lipinski definition) is 5. The Kier molecular flexibility index (Phi) is 6.55. The van der Waals surface area contributed by atoms with Gasteiger partial charge in [0.25, 0.3) is 0 Å². The second-order valence-corrected chi connectivity index (χ2v) is 5.31. The van der Waals surface area contributed by atoms with E-state index in [0.29, 0.717) is 5.75 Å². The Morgan fingerprint density at radius 1 is 1.08 bits per heavy atom. The van der Waals surface area contributed by atoms with Crippen LogP contribution >= 0.6 is 0 Å². The van der Waals surface area contributed by atoms with Crippen LogP contribution in [-0.4, -0.2) is 76.6 Å². The van der Waals surface area contributed by atoms with E-state index in [1.165, 1.54) is 7.11 Å². The zero-order valence-corrected chi connectivity index (χ0v) is 13.1. The highest BCUT2D eigenvalue weighted by molar-refractivity contribution is 5.55. The first-order valence-corrected chi connectivity index (χ1v) is 7.44. The molecular weight excluding hydrogens is 320 g/mol. The molecule has 5 atom stereocenters. The maximum absolute atomic E-state index is 10.00. The molecule has 8 heteroatoms. The van der Waals surface area contributed by atoms with Crippen molar-refractivity contribution in [1.29, 1.82) is 0 Å². The highest BCUT2D eigenvalue weighted by Crippen LogP contribution is 2.32. The lowest BCUT2D eigenvalue weighted by Gasteiger charge is -2.39.